The standard InChI is InChI=1S/C16H20N4O2/c1-3-12(2)16(22)17-11-15(21)19-13-5-7-14(8-6-13)20-10-4-9-18-20/h4-10,12H,3,11H2,1-2H3,(H,17,22)(H,19,21). The lowest BCUT2D eigenvalue weighted by molar-refractivity contribution is -0.126. The van der Waals surface area contributed by atoms with Crippen LogP contribution in [0.25, 0.3) is 5.69 Å². The molecule has 0 aliphatic carbocycles. The zero-order valence-corrected chi connectivity index (χ0v) is 12.7. The van der Waals surface area contributed by atoms with Crippen molar-refractivity contribution >= 4 is 17.5 Å². The quantitative estimate of drug-likeness (QED) is 0.856. The molecular formula is C16H20N4O2. The molecule has 1 unspecified atom stereocenters. The second-order valence-corrected chi connectivity index (χ2v) is 5.07. The van der Waals surface area contributed by atoms with Crippen molar-refractivity contribution in [1.82, 2.24) is 15.1 Å². The zero-order chi connectivity index (χ0) is 15.9. The van der Waals surface area contributed by atoms with Gasteiger partial charge >= 0.3 is 0 Å². The van der Waals surface area contributed by atoms with Gasteiger partial charge in [-0.2, -0.15) is 5.10 Å². The van der Waals surface area contributed by atoms with Gasteiger partial charge in [0.25, 0.3) is 0 Å². The van der Waals surface area contributed by atoms with Crippen LogP contribution in [0.2, 0.25) is 0 Å². The van der Waals surface area contributed by atoms with E-state index in [0.29, 0.717) is 5.69 Å². The van der Waals surface area contributed by atoms with Crippen LogP contribution in [0.4, 0.5) is 5.69 Å². The molecule has 0 spiro atoms. The summed E-state index contributed by atoms with van der Waals surface area (Å²) >= 11 is 0. The summed E-state index contributed by atoms with van der Waals surface area (Å²) in [6.07, 6.45) is 4.30. The van der Waals surface area contributed by atoms with Gasteiger partial charge in [-0.05, 0) is 36.8 Å². The Morgan fingerprint density at radius 2 is 2.00 bits per heavy atom. The van der Waals surface area contributed by atoms with Crippen molar-refractivity contribution in [3.05, 3.63) is 42.7 Å². The Balaban J connectivity index is 1.85. The molecule has 6 nitrogen and oxygen atoms in total. The van der Waals surface area contributed by atoms with E-state index in [0.717, 1.165) is 12.1 Å². The Labute approximate surface area is 129 Å². The minimum absolute atomic E-state index is 0.0237. The molecule has 2 aromatic rings. The largest absolute Gasteiger partial charge is 0.347 e. The average molecular weight is 300 g/mol. The number of amides is 2. The lowest BCUT2D eigenvalue weighted by atomic mass is 10.1. The molecule has 1 aromatic carbocycles. The molecule has 2 amide bonds. The van der Waals surface area contributed by atoms with Crippen molar-refractivity contribution in [3.63, 3.8) is 0 Å². The van der Waals surface area contributed by atoms with Crippen LogP contribution in [0.15, 0.2) is 42.7 Å². The summed E-state index contributed by atoms with van der Waals surface area (Å²) in [5.74, 6) is -0.434. The molecule has 0 bridgehead atoms. The molecule has 2 rings (SSSR count). The predicted molar refractivity (Wildman–Crippen MR) is 84.7 cm³/mol. The fraction of sp³-hybridized carbons (Fsp3) is 0.312. The first-order valence-corrected chi connectivity index (χ1v) is 7.27. The van der Waals surface area contributed by atoms with E-state index in [1.807, 2.05) is 38.2 Å². The highest BCUT2D eigenvalue weighted by atomic mass is 16.2. The van der Waals surface area contributed by atoms with E-state index < -0.39 is 0 Å². The number of hydrogen-bond donors (Lipinski definition) is 2. The summed E-state index contributed by atoms with van der Waals surface area (Å²) in [6, 6.07) is 9.16. The number of benzene rings is 1. The number of aromatic nitrogens is 2. The lowest BCUT2D eigenvalue weighted by Gasteiger charge is -2.10. The summed E-state index contributed by atoms with van der Waals surface area (Å²) < 4.78 is 1.73. The normalized spacial score (nSPS) is 11.7. The Kier molecular flexibility index (Phi) is 5.30. The van der Waals surface area contributed by atoms with Crippen LogP contribution in [0.5, 0.6) is 0 Å². The van der Waals surface area contributed by atoms with Gasteiger partial charge in [0.05, 0.1) is 12.2 Å². The Hall–Kier alpha value is -2.63. The van der Waals surface area contributed by atoms with Crippen LogP contribution in [0.1, 0.15) is 20.3 Å². The molecule has 0 fully saturated rings. The third kappa shape index (κ3) is 4.18. The first kappa shape index (κ1) is 15.8. The molecule has 116 valence electrons. The van der Waals surface area contributed by atoms with E-state index in [2.05, 4.69) is 15.7 Å². The second kappa shape index (κ2) is 7.40. The fourth-order valence-electron chi connectivity index (χ4n) is 1.85. The Morgan fingerprint density at radius 1 is 1.27 bits per heavy atom. The molecule has 0 saturated carbocycles. The van der Waals surface area contributed by atoms with Crippen molar-refractivity contribution in [2.75, 3.05) is 11.9 Å². The molecule has 0 aliphatic heterocycles. The highest BCUT2D eigenvalue weighted by Gasteiger charge is 2.11. The van der Waals surface area contributed by atoms with Gasteiger partial charge in [0.15, 0.2) is 0 Å². The number of hydrogen-bond acceptors (Lipinski definition) is 3. The molecule has 0 radical (unpaired) electrons. The number of carbonyl (C=O) groups excluding carboxylic acids is 2. The molecule has 0 saturated heterocycles. The smallest absolute Gasteiger partial charge is 0.243 e. The minimum atomic E-state index is -0.247. The van der Waals surface area contributed by atoms with Gasteiger partial charge in [-0.1, -0.05) is 13.8 Å². The van der Waals surface area contributed by atoms with Crippen molar-refractivity contribution in [2.45, 2.75) is 20.3 Å². The monoisotopic (exact) mass is 300 g/mol. The van der Waals surface area contributed by atoms with Crippen molar-refractivity contribution in [1.29, 1.82) is 0 Å². The minimum Gasteiger partial charge on any atom is -0.347 e. The third-order valence-electron chi connectivity index (χ3n) is 3.40. The van der Waals surface area contributed by atoms with Crippen LogP contribution in [-0.4, -0.2) is 28.1 Å². The molecule has 2 N–H and O–H groups in total. The molecule has 6 heteroatoms. The van der Waals surface area contributed by atoms with E-state index >= 15 is 0 Å². The van der Waals surface area contributed by atoms with Gasteiger partial charge in [-0.15, -0.1) is 0 Å². The topological polar surface area (TPSA) is 76.0 Å². The van der Waals surface area contributed by atoms with Crippen LogP contribution < -0.4 is 10.6 Å². The lowest BCUT2D eigenvalue weighted by Crippen LogP contribution is -2.35. The molecule has 1 heterocycles. The van der Waals surface area contributed by atoms with Crippen LogP contribution in [0, 0.1) is 5.92 Å². The SMILES string of the molecule is CCC(C)C(=O)NCC(=O)Nc1ccc(-n2cccn2)cc1. The van der Waals surface area contributed by atoms with E-state index in [1.165, 1.54) is 0 Å². The van der Waals surface area contributed by atoms with E-state index in [4.69, 9.17) is 0 Å². The van der Waals surface area contributed by atoms with Gasteiger partial charge in [-0.3, -0.25) is 9.59 Å². The third-order valence-corrected chi connectivity index (χ3v) is 3.40. The summed E-state index contributed by atoms with van der Waals surface area (Å²) in [4.78, 5) is 23.4. The average Bonchev–Trinajstić information content (AvgIpc) is 3.07. The zero-order valence-electron chi connectivity index (χ0n) is 12.7. The van der Waals surface area contributed by atoms with E-state index in [-0.39, 0.29) is 24.3 Å². The maximum atomic E-state index is 11.8. The second-order valence-electron chi connectivity index (χ2n) is 5.07. The van der Waals surface area contributed by atoms with Gasteiger partial charge in [0.1, 0.15) is 0 Å². The van der Waals surface area contributed by atoms with Gasteiger partial charge < -0.3 is 10.6 Å². The molecule has 22 heavy (non-hydrogen) atoms. The van der Waals surface area contributed by atoms with Crippen LogP contribution >= 0.6 is 0 Å². The molecular weight excluding hydrogens is 280 g/mol. The highest BCUT2D eigenvalue weighted by Crippen LogP contribution is 2.12. The van der Waals surface area contributed by atoms with Crippen molar-refractivity contribution in [3.8, 4) is 5.69 Å². The summed E-state index contributed by atoms with van der Waals surface area (Å²) in [6.45, 7) is 3.75. The maximum absolute atomic E-state index is 11.8. The Morgan fingerprint density at radius 3 is 2.59 bits per heavy atom. The first-order chi connectivity index (χ1) is 10.6. The molecule has 1 atom stereocenters. The van der Waals surface area contributed by atoms with E-state index in [9.17, 15) is 9.59 Å². The molecule has 1 aromatic heterocycles. The maximum Gasteiger partial charge on any atom is 0.243 e. The first-order valence-electron chi connectivity index (χ1n) is 7.27. The molecule has 0 aliphatic rings. The fourth-order valence-corrected chi connectivity index (χ4v) is 1.85. The number of nitrogens with one attached hydrogen (secondary N) is 2. The summed E-state index contributed by atoms with van der Waals surface area (Å²) in [5.41, 5.74) is 1.59. The number of carbonyl (C=O) groups is 2. The van der Waals surface area contributed by atoms with Crippen LogP contribution in [-0.2, 0) is 9.59 Å². The number of rotatable bonds is 6. The van der Waals surface area contributed by atoms with Crippen molar-refractivity contribution in [2.24, 2.45) is 5.92 Å². The van der Waals surface area contributed by atoms with Gasteiger partial charge in [0.2, 0.25) is 11.8 Å². The highest BCUT2D eigenvalue weighted by molar-refractivity contribution is 5.94. The number of nitrogens with zero attached hydrogens (tertiary/aromatic N) is 2. The number of anilines is 1. The van der Waals surface area contributed by atoms with Crippen LogP contribution in [0.3, 0.4) is 0 Å². The summed E-state index contributed by atoms with van der Waals surface area (Å²) in [7, 11) is 0. The Bertz CT molecular complexity index is 620. The summed E-state index contributed by atoms with van der Waals surface area (Å²) in [5, 5.41) is 9.50. The van der Waals surface area contributed by atoms with Gasteiger partial charge in [0, 0.05) is 24.0 Å². The predicted octanol–water partition coefficient (Wildman–Crippen LogP) is 1.97. The van der Waals surface area contributed by atoms with Crippen molar-refractivity contribution < 1.29 is 9.59 Å². The van der Waals surface area contributed by atoms with E-state index in [1.54, 1.807) is 23.0 Å². The van der Waals surface area contributed by atoms with Gasteiger partial charge in [-0.25, -0.2) is 4.68 Å².